The highest BCUT2D eigenvalue weighted by Crippen LogP contribution is 2.27. The van der Waals surface area contributed by atoms with Gasteiger partial charge in [-0.15, -0.1) is 0 Å². The molecule has 6 N–H and O–H groups in total. The van der Waals surface area contributed by atoms with Gasteiger partial charge < -0.3 is 20.5 Å². The Kier molecular flexibility index (Phi) is 10.2. The van der Waals surface area contributed by atoms with Gasteiger partial charge in [0.05, 0.1) is 25.5 Å². The van der Waals surface area contributed by atoms with Gasteiger partial charge in [0.1, 0.15) is 6.04 Å². The molecule has 2 aromatic carbocycles. The lowest BCUT2D eigenvalue weighted by molar-refractivity contribution is -0.123. The van der Waals surface area contributed by atoms with Crippen LogP contribution < -0.4 is 31.0 Å². The van der Waals surface area contributed by atoms with Crippen molar-refractivity contribution in [2.24, 2.45) is 21.8 Å². The van der Waals surface area contributed by atoms with E-state index in [0.717, 1.165) is 0 Å². The Hall–Kier alpha value is -3.64. The maximum Gasteiger partial charge on any atom is 0.245 e. The van der Waals surface area contributed by atoms with Gasteiger partial charge in [-0.1, -0.05) is 32.0 Å². The van der Waals surface area contributed by atoms with Crippen LogP contribution in [0.2, 0.25) is 0 Å². The Morgan fingerprint density at radius 1 is 1.00 bits per heavy atom. The SMILES string of the molecule is COc1ccc(CC(=O)NC(N)=NC(CC(C)C)C(=O)NCc2ccc(S(N)(=O)=O)cc2)cc1OC. The Bertz CT molecular complexity index is 1200. The molecule has 0 fully saturated rings. The maximum atomic E-state index is 12.8. The number of primary sulfonamides is 1. The zero-order valence-electron chi connectivity index (χ0n) is 20.8. The molecule has 196 valence electrons. The van der Waals surface area contributed by atoms with Crippen LogP contribution in [0.5, 0.6) is 11.5 Å². The van der Waals surface area contributed by atoms with Crippen LogP contribution in [0.4, 0.5) is 0 Å². The minimum Gasteiger partial charge on any atom is -0.493 e. The van der Waals surface area contributed by atoms with E-state index in [1.54, 1.807) is 30.3 Å². The van der Waals surface area contributed by atoms with E-state index >= 15 is 0 Å². The summed E-state index contributed by atoms with van der Waals surface area (Å²) in [5, 5.41) is 10.4. The maximum absolute atomic E-state index is 12.8. The first kappa shape index (κ1) is 28.6. The molecule has 36 heavy (non-hydrogen) atoms. The summed E-state index contributed by atoms with van der Waals surface area (Å²) in [6.07, 6.45) is 0.425. The van der Waals surface area contributed by atoms with Crippen LogP contribution in [-0.4, -0.2) is 46.5 Å². The number of sulfonamides is 1. The highest BCUT2D eigenvalue weighted by Gasteiger charge is 2.20. The first-order chi connectivity index (χ1) is 16.9. The summed E-state index contributed by atoms with van der Waals surface area (Å²) in [4.78, 5) is 29.5. The lowest BCUT2D eigenvalue weighted by Crippen LogP contribution is -2.41. The molecule has 12 heteroatoms. The smallest absolute Gasteiger partial charge is 0.245 e. The Labute approximate surface area is 211 Å². The largest absolute Gasteiger partial charge is 0.493 e. The van der Waals surface area contributed by atoms with Crippen LogP contribution in [0.25, 0.3) is 0 Å². The van der Waals surface area contributed by atoms with E-state index in [-0.39, 0.29) is 35.6 Å². The van der Waals surface area contributed by atoms with E-state index in [1.165, 1.54) is 26.4 Å². The lowest BCUT2D eigenvalue weighted by atomic mass is 10.0. The summed E-state index contributed by atoms with van der Waals surface area (Å²) < 4.78 is 33.2. The lowest BCUT2D eigenvalue weighted by Gasteiger charge is -2.16. The zero-order chi connectivity index (χ0) is 26.9. The average molecular weight is 520 g/mol. The van der Waals surface area contributed by atoms with Crippen LogP contribution in [-0.2, 0) is 32.6 Å². The predicted octanol–water partition coefficient (Wildman–Crippen LogP) is 1.06. The summed E-state index contributed by atoms with van der Waals surface area (Å²) in [5.74, 6) is 0.231. The number of nitrogens with one attached hydrogen (secondary N) is 2. The third kappa shape index (κ3) is 8.86. The number of rotatable bonds is 11. The minimum atomic E-state index is -3.79. The van der Waals surface area contributed by atoms with Crippen LogP contribution in [0.15, 0.2) is 52.4 Å². The average Bonchev–Trinajstić information content (AvgIpc) is 2.81. The van der Waals surface area contributed by atoms with Gasteiger partial charge in [-0.3, -0.25) is 14.9 Å². The topological polar surface area (TPSA) is 175 Å². The molecule has 1 atom stereocenters. The van der Waals surface area contributed by atoms with Gasteiger partial charge >= 0.3 is 0 Å². The van der Waals surface area contributed by atoms with Crippen molar-refractivity contribution in [3.05, 3.63) is 53.6 Å². The minimum absolute atomic E-state index is 0.0172. The van der Waals surface area contributed by atoms with Crippen molar-refractivity contribution >= 4 is 27.8 Å². The van der Waals surface area contributed by atoms with E-state index in [0.29, 0.717) is 29.0 Å². The van der Waals surface area contributed by atoms with Gasteiger partial charge in [-0.2, -0.15) is 0 Å². The van der Waals surface area contributed by atoms with Crippen molar-refractivity contribution in [3.63, 3.8) is 0 Å². The second-order valence-electron chi connectivity index (χ2n) is 8.48. The number of guanidine groups is 1. The fourth-order valence-electron chi connectivity index (χ4n) is 3.33. The van der Waals surface area contributed by atoms with Gasteiger partial charge in [0.25, 0.3) is 0 Å². The number of nitrogens with zero attached hydrogens (tertiary/aromatic N) is 1. The highest BCUT2D eigenvalue weighted by molar-refractivity contribution is 7.89. The summed E-state index contributed by atoms with van der Waals surface area (Å²) in [7, 11) is -0.765. The molecular weight excluding hydrogens is 486 g/mol. The summed E-state index contributed by atoms with van der Waals surface area (Å²) in [5.41, 5.74) is 7.30. The Morgan fingerprint density at radius 2 is 1.61 bits per heavy atom. The monoisotopic (exact) mass is 519 g/mol. The third-order valence-corrected chi connectivity index (χ3v) is 6.02. The van der Waals surface area contributed by atoms with E-state index in [1.807, 2.05) is 13.8 Å². The second kappa shape index (κ2) is 12.9. The van der Waals surface area contributed by atoms with E-state index in [4.69, 9.17) is 20.3 Å². The number of ether oxygens (including phenoxy) is 2. The normalized spacial score (nSPS) is 12.7. The van der Waals surface area contributed by atoms with Gasteiger partial charge in [0, 0.05) is 6.54 Å². The number of benzene rings is 2. The number of hydrogen-bond acceptors (Lipinski definition) is 7. The number of methoxy groups -OCH3 is 2. The molecule has 0 bridgehead atoms. The van der Waals surface area contributed by atoms with Gasteiger partial charge in [-0.25, -0.2) is 18.5 Å². The van der Waals surface area contributed by atoms with Crippen molar-refractivity contribution in [1.82, 2.24) is 10.6 Å². The zero-order valence-corrected chi connectivity index (χ0v) is 21.6. The van der Waals surface area contributed by atoms with Crippen LogP contribution in [0, 0.1) is 5.92 Å². The molecule has 1 unspecified atom stereocenters. The van der Waals surface area contributed by atoms with Crippen LogP contribution >= 0.6 is 0 Å². The van der Waals surface area contributed by atoms with Crippen LogP contribution in [0.3, 0.4) is 0 Å². The first-order valence-electron chi connectivity index (χ1n) is 11.2. The Balaban J connectivity index is 2.02. The van der Waals surface area contributed by atoms with Gasteiger partial charge in [0.2, 0.25) is 21.8 Å². The molecule has 0 aliphatic heterocycles. The molecule has 11 nitrogen and oxygen atoms in total. The van der Waals surface area contributed by atoms with Crippen molar-refractivity contribution in [2.75, 3.05) is 14.2 Å². The molecule has 0 aromatic heterocycles. The highest BCUT2D eigenvalue weighted by atomic mass is 32.2. The molecular formula is C24H33N5O6S. The molecule has 2 aromatic rings. The summed E-state index contributed by atoms with van der Waals surface area (Å²) in [6, 6.07) is 10.2. The fourth-order valence-corrected chi connectivity index (χ4v) is 3.85. The molecule has 0 saturated heterocycles. The molecule has 0 radical (unpaired) electrons. The van der Waals surface area contributed by atoms with Crippen molar-refractivity contribution in [2.45, 2.75) is 44.2 Å². The quantitative estimate of drug-likeness (QED) is 0.253. The second-order valence-corrected chi connectivity index (χ2v) is 10.0. The fraction of sp³-hybridized carbons (Fsp3) is 0.375. The summed E-state index contributed by atoms with van der Waals surface area (Å²) >= 11 is 0. The van der Waals surface area contributed by atoms with Crippen molar-refractivity contribution < 1.29 is 27.5 Å². The molecule has 2 amide bonds. The Morgan fingerprint density at radius 3 is 2.17 bits per heavy atom. The van der Waals surface area contributed by atoms with Crippen molar-refractivity contribution in [1.29, 1.82) is 0 Å². The van der Waals surface area contributed by atoms with E-state index in [2.05, 4.69) is 15.6 Å². The number of carbonyl (C=O) groups is 2. The number of amides is 2. The first-order valence-corrected chi connectivity index (χ1v) is 12.7. The molecule has 0 heterocycles. The molecule has 0 aliphatic rings. The number of carbonyl (C=O) groups excluding carboxylic acids is 2. The standard InChI is InChI=1S/C24H33N5O6S/c1-15(2)11-19(23(31)27-14-16-5-8-18(9-6-16)36(26,32)33)28-24(25)29-22(30)13-17-7-10-20(34-3)21(12-17)35-4/h5-10,12,15,19H,11,13-14H2,1-4H3,(H,27,31)(H2,26,32,33)(H3,25,28,29,30). The van der Waals surface area contributed by atoms with Gasteiger partial charge in [-0.05, 0) is 47.7 Å². The molecule has 0 spiro atoms. The summed E-state index contributed by atoms with van der Waals surface area (Å²) in [6.45, 7) is 4.03. The molecule has 0 aliphatic carbocycles. The number of nitrogens with two attached hydrogens (primary N) is 2. The number of aliphatic imine (C=N–C) groups is 1. The predicted molar refractivity (Wildman–Crippen MR) is 136 cm³/mol. The van der Waals surface area contributed by atoms with Gasteiger partial charge in [0.15, 0.2) is 17.5 Å². The molecule has 2 rings (SSSR count). The van der Waals surface area contributed by atoms with E-state index < -0.39 is 22.0 Å². The number of hydrogen-bond donors (Lipinski definition) is 4. The van der Waals surface area contributed by atoms with E-state index in [9.17, 15) is 18.0 Å². The van der Waals surface area contributed by atoms with Crippen molar-refractivity contribution in [3.8, 4) is 11.5 Å². The molecule has 0 saturated carbocycles. The van der Waals surface area contributed by atoms with Crippen LogP contribution in [0.1, 0.15) is 31.4 Å². The third-order valence-electron chi connectivity index (χ3n) is 5.09.